The predicted octanol–water partition coefficient (Wildman–Crippen LogP) is 27.2. The van der Waals surface area contributed by atoms with E-state index in [-0.39, 0.29) is 19.3 Å². The lowest BCUT2D eigenvalue weighted by molar-refractivity contribution is -0.161. The molecule has 0 aliphatic rings. The number of unbranched alkanes of at least 4 members (excludes halogenated alkanes) is 25. The highest BCUT2D eigenvalue weighted by Crippen LogP contribution is 2.45. The smallest absolute Gasteiger partial charge is 0.463 e. The Kier molecular flexibility index (Phi) is 83.0. The standard InChI is InChI=1S/C97H158O16P2/c1-4-7-10-13-16-19-22-25-28-31-34-36-38-40-42-43-44-45-46-47-49-51-52-54-57-59-62-65-68-71-74-77-80-83-95(100)107-86-92(98)87-109-114(103,104)110-88-93(99)89-111-115(105,106)112-91-94(113-97(102)85-82-79-76-73-70-67-64-61-56-33-30-27-24-21-18-15-12-9-6-3)90-108-96(101)84-81-78-75-72-69-66-63-60-58-55-53-50-48-41-39-37-35-32-29-26-23-20-17-14-11-8-5-2/h7-12,16-21,25-30,34-37,40-42,44-45,48,56,61,67,70,76,79,92-94,98-99H,4-6,13-15,22-24,31-33,38-39,43,46-47,49-55,57-60,62-66,68-69,71-75,77-78,80-91H2,1-3H3,(H,103,104)(H,105,106)/b10-7-,11-8-,12-9-,19-16-,20-17-,21-18-,28-25-,29-26-,30-27-,36-34-,37-35-,42-40-,45-44-,48-41-,61-56-,70-67-,79-76-. The van der Waals surface area contributed by atoms with E-state index in [2.05, 4.69) is 209 Å². The summed E-state index contributed by atoms with van der Waals surface area (Å²) in [5.41, 5.74) is 0. The van der Waals surface area contributed by atoms with Crippen molar-refractivity contribution in [3.05, 3.63) is 207 Å². The highest BCUT2D eigenvalue weighted by molar-refractivity contribution is 7.47. The number of aliphatic hydroxyl groups is 2. The maximum Gasteiger partial charge on any atom is 0.472 e. The highest BCUT2D eigenvalue weighted by atomic mass is 31.2. The Hall–Kier alpha value is -5.87. The third kappa shape index (κ3) is 88.8. The number of allylic oxidation sites excluding steroid dienone is 34. The third-order valence-corrected chi connectivity index (χ3v) is 19.9. The average Bonchev–Trinajstić information content (AvgIpc) is 0.902. The van der Waals surface area contributed by atoms with Crippen LogP contribution in [0.3, 0.4) is 0 Å². The van der Waals surface area contributed by atoms with E-state index in [4.69, 9.17) is 32.3 Å². The zero-order valence-electron chi connectivity index (χ0n) is 71.6. The van der Waals surface area contributed by atoms with Crippen molar-refractivity contribution in [2.45, 2.75) is 347 Å². The molecular weight excluding hydrogens is 1480 g/mol. The number of carbonyl (C=O) groups excluding carboxylic acids is 3. The second-order valence-electron chi connectivity index (χ2n) is 28.9. The molecule has 0 aromatic heterocycles. The number of esters is 3. The molecule has 0 rings (SSSR count). The number of phosphoric acid groups is 2. The molecule has 0 saturated carbocycles. The Bertz CT molecular complexity index is 2920. The van der Waals surface area contributed by atoms with Crippen molar-refractivity contribution < 1.29 is 75.8 Å². The van der Waals surface area contributed by atoms with Gasteiger partial charge in [-0.2, -0.15) is 0 Å². The molecule has 0 amide bonds. The minimum absolute atomic E-state index is 0.0278. The first-order chi connectivity index (χ1) is 56.2. The minimum atomic E-state index is -4.97. The van der Waals surface area contributed by atoms with Gasteiger partial charge in [-0.05, 0) is 154 Å². The molecule has 5 atom stereocenters. The van der Waals surface area contributed by atoms with Crippen molar-refractivity contribution in [2.24, 2.45) is 0 Å². The lowest BCUT2D eigenvalue weighted by Gasteiger charge is -2.21. The van der Waals surface area contributed by atoms with Gasteiger partial charge in [0.1, 0.15) is 25.4 Å². The first-order valence-electron chi connectivity index (χ1n) is 44.4. The van der Waals surface area contributed by atoms with Crippen LogP contribution in [0.15, 0.2) is 207 Å². The second kappa shape index (κ2) is 87.4. The summed E-state index contributed by atoms with van der Waals surface area (Å²) in [5, 5.41) is 20.7. The molecule has 0 spiro atoms. The Morgan fingerprint density at radius 1 is 0.243 bits per heavy atom. The third-order valence-electron chi connectivity index (χ3n) is 18.0. The van der Waals surface area contributed by atoms with Crippen LogP contribution in [0, 0.1) is 0 Å². The summed E-state index contributed by atoms with van der Waals surface area (Å²) >= 11 is 0. The fourth-order valence-electron chi connectivity index (χ4n) is 11.4. The number of ether oxygens (including phenoxy) is 3. The van der Waals surface area contributed by atoms with Gasteiger partial charge in [-0.25, -0.2) is 9.13 Å². The molecule has 0 aliphatic heterocycles. The Morgan fingerprint density at radius 2 is 0.452 bits per heavy atom. The molecule has 0 bridgehead atoms. The maximum atomic E-state index is 13.0. The first-order valence-corrected chi connectivity index (χ1v) is 47.4. The molecule has 5 unspecified atom stereocenters. The van der Waals surface area contributed by atoms with Crippen LogP contribution in [0.1, 0.15) is 329 Å². The van der Waals surface area contributed by atoms with Crippen LogP contribution in [0.4, 0.5) is 0 Å². The fourth-order valence-corrected chi connectivity index (χ4v) is 13.0. The summed E-state index contributed by atoms with van der Waals surface area (Å²) in [7, 11) is -9.84. The summed E-state index contributed by atoms with van der Waals surface area (Å²) in [6.45, 7) is 2.25. The number of rotatable bonds is 82. The molecule has 652 valence electrons. The van der Waals surface area contributed by atoms with Crippen molar-refractivity contribution in [3.8, 4) is 0 Å². The van der Waals surface area contributed by atoms with Gasteiger partial charge >= 0.3 is 33.6 Å². The quantitative estimate of drug-likeness (QED) is 0.0146. The zero-order chi connectivity index (χ0) is 83.6. The van der Waals surface area contributed by atoms with Gasteiger partial charge in [0.2, 0.25) is 0 Å². The lowest BCUT2D eigenvalue weighted by atomic mass is 10.0. The van der Waals surface area contributed by atoms with Gasteiger partial charge in [0, 0.05) is 19.3 Å². The van der Waals surface area contributed by atoms with Crippen LogP contribution in [-0.2, 0) is 55.8 Å². The van der Waals surface area contributed by atoms with E-state index < -0.39 is 91.5 Å². The van der Waals surface area contributed by atoms with Gasteiger partial charge in [0.05, 0.1) is 26.4 Å². The normalized spacial score (nSPS) is 14.8. The minimum Gasteiger partial charge on any atom is -0.463 e. The van der Waals surface area contributed by atoms with E-state index in [9.17, 15) is 43.5 Å². The summed E-state index contributed by atoms with van der Waals surface area (Å²) in [5.74, 6) is -1.68. The van der Waals surface area contributed by atoms with Crippen molar-refractivity contribution in [3.63, 3.8) is 0 Å². The van der Waals surface area contributed by atoms with Gasteiger partial charge in [0.15, 0.2) is 6.10 Å². The number of phosphoric ester groups is 2. The van der Waals surface area contributed by atoms with Gasteiger partial charge in [-0.15, -0.1) is 0 Å². The Morgan fingerprint density at radius 3 is 0.722 bits per heavy atom. The monoisotopic (exact) mass is 1640 g/mol. The van der Waals surface area contributed by atoms with Crippen molar-refractivity contribution >= 4 is 33.6 Å². The topological polar surface area (TPSA) is 231 Å². The maximum absolute atomic E-state index is 13.0. The van der Waals surface area contributed by atoms with Gasteiger partial charge in [0.25, 0.3) is 0 Å². The molecule has 0 saturated heterocycles. The van der Waals surface area contributed by atoms with E-state index in [1.807, 2.05) is 18.2 Å². The first kappa shape index (κ1) is 109. The summed E-state index contributed by atoms with van der Waals surface area (Å²) in [6.07, 6.45) is 118. The van der Waals surface area contributed by atoms with Crippen LogP contribution in [0.5, 0.6) is 0 Å². The van der Waals surface area contributed by atoms with Crippen LogP contribution < -0.4 is 0 Å². The predicted molar refractivity (Wildman–Crippen MR) is 481 cm³/mol. The summed E-state index contributed by atoms with van der Waals surface area (Å²) in [6, 6.07) is 0. The summed E-state index contributed by atoms with van der Waals surface area (Å²) in [4.78, 5) is 58.9. The van der Waals surface area contributed by atoms with Crippen molar-refractivity contribution in [2.75, 3.05) is 39.6 Å². The highest BCUT2D eigenvalue weighted by Gasteiger charge is 2.29. The molecule has 0 aromatic carbocycles. The number of hydrogen-bond donors (Lipinski definition) is 4. The summed E-state index contributed by atoms with van der Waals surface area (Å²) < 4.78 is 61.3. The zero-order valence-corrected chi connectivity index (χ0v) is 73.4. The van der Waals surface area contributed by atoms with E-state index in [1.165, 1.54) is 103 Å². The number of carbonyl (C=O) groups is 3. The van der Waals surface area contributed by atoms with Crippen molar-refractivity contribution in [1.29, 1.82) is 0 Å². The second-order valence-corrected chi connectivity index (χ2v) is 31.8. The van der Waals surface area contributed by atoms with E-state index in [1.54, 1.807) is 0 Å². The van der Waals surface area contributed by atoms with E-state index >= 15 is 0 Å². The van der Waals surface area contributed by atoms with Gasteiger partial charge in [-0.3, -0.25) is 32.5 Å². The van der Waals surface area contributed by atoms with Crippen LogP contribution in [0.25, 0.3) is 0 Å². The largest absolute Gasteiger partial charge is 0.472 e. The molecule has 16 nitrogen and oxygen atoms in total. The fraction of sp³-hybridized carbons (Fsp3) is 0.619. The Balaban J connectivity index is 4.60. The van der Waals surface area contributed by atoms with Crippen LogP contribution >= 0.6 is 15.6 Å². The van der Waals surface area contributed by atoms with Crippen molar-refractivity contribution in [1.82, 2.24) is 0 Å². The molecular formula is C97H158O16P2. The van der Waals surface area contributed by atoms with Gasteiger partial charge < -0.3 is 34.2 Å². The Labute approximate surface area is 699 Å². The molecule has 0 heterocycles. The van der Waals surface area contributed by atoms with E-state index in [0.717, 1.165) is 161 Å². The number of aliphatic hydroxyl groups excluding tert-OH is 2. The molecule has 4 N–H and O–H groups in total. The molecule has 0 fully saturated rings. The molecule has 0 aromatic rings. The number of hydrogen-bond acceptors (Lipinski definition) is 14. The molecule has 18 heteroatoms. The average molecular weight is 1640 g/mol. The SMILES string of the molecule is CC/C=C\C/C=C\C/C=C\C/C=C\C/C=C\C/C=C\CCCCCCCCCCCCCCCCC(=O)OCC(O)COP(=O)(O)OCC(O)COP(=O)(O)OCC(COC(=O)CCCCCCCCCCCCC/C=C\C/C=C\C/C=C\C/C=C\C/C=C\CC)OC(=O)CC/C=C\C/C=C\C/C=C\C/C=C\C/C=C\C/C=C\CC. The van der Waals surface area contributed by atoms with Crippen LogP contribution in [-0.4, -0.2) is 95.9 Å². The lowest BCUT2D eigenvalue weighted by Crippen LogP contribution is -2.29. The molecule has 115 heavy (non-hydrogen) atoms. The molecule has 0 radical (unpaired) electrons. The molecule has 0 aliphatic carbocycles. The van der Waals surface area contributed by atoms with Crippen LogP contribution in [0.2, 0.25) is 0 Å². The van der Waals surface area contributed by atoms with Gasteiger partial charge in [-0.1, -0.05) is 362 Å². The van der Waals surface area contributed by atoms with E-state index in [0.29, 0.717) is 25.7 Å².